The molecule has 3 aromatic rings. The Labute approximate surface area is 168 Å². The lowest BCUT2D eigenvalue weighted by molar-refractivity contribution is -0.130. The first-order valence-electron chi connectivity index (χ1n) is 8.54. The Bertz CT molecular complexity index is 1160. The summed E-state index contributed by atoms with van der Waals surface area (Å²) in [5, 5.41) is 9.68. The third-order valence-corrected chi connectivity index (χ3v) is 6.50. The summed E-state index contributed by atoms with van der Waals surface area (Å²) in [4.78, 5) is 14.2. The summed E-state index contributed by atoms with van der Waals surface area (Å²) in [5.74, 6) is -0.202. The van der Waals surface area contributed by atoms with Gasteiger partial charge < -0.3 is 9.47 Å². The van der Waals surface area contributed by atoms with Gasteiger partial charge in [0.1, 0.15) is 6.54 Å². The minimum atomic E-state index is -3.78. The standard InChI is InChI=1S/C20H18ClN3O3S/c1-23(12-4-11-22)20(25)14-24-13-19(17-5-2-3-6-18(17)24)28(26,27)16-9-7-15(21)8-10-16/h2-3,5-10,13H,4,12,14H2,1H3. The van der Waals surface area contributed by atoms with Gasteiger partial charge in [-0.2, -0.15) is 5.26 Å². The van der Waals surface area contributed by atoms with Gasteiger partial charge in [-0.15, -0.1) is 0 Å². The van der Waals surface area contributed by atoms with E-state index in [4.69, 9.17) is 16.9 Å². The molecular weight excluding hydrogens is 398 g/mol. The Hall–Kier alpha value is -2.82. The van der Waals surface area contributed by atoms with Crippen LogP contribution < -0.4 is 0 Å². The van der Waals surface area contributed by atoms with Gasteiger partial charge in [0, 0.05) is 35.7 Å². The number of nitriles is 1. The number of likely N-dealkylation sites (N-methyl/N-ethyl adjacent to an activating group) is 1. The number of para-hydroxylation sites is 1. The number of aromatic nitrogens is 1. The fourth-order valence-electron chi connectivity index (χ4n) is 2.91. The van der Waals surface area contributed by atoms with Gasteiger partial charge in [-0.1, -0.05) is 29.8 Å². The summed E-state index contributed by atoms with van der Waals surface area (Å²) in [6.45, 7) is 0.309. The number of hydrogen-bond acceptors (Lipinski definition) is 4. The highest BCUT2D eigenvalue weighted by atomic mass is 35.5. The topological polar surface area (TPSA) is 83.2 Å². The molecule has 0 fully saturated rings. The highest BCUT2D eigenvalue weighted by Crippen LogP contribution is 2.30. The van der Waals surface area contributed by atoms with Gasteiger partial charge in [-0.3, -0.25) is 4.79 Å². The van der Waals surface area contributed by atoms with Crippen molar-refractivity contribution < 1.29 is 13.2 Å². The van der Waals surface area contributed by atoms with Gasteiger partial charge in [-0.25, -0.2) is 8.42 Å². The van der Waals surface area contributed by atoms with E-state index in [0.717, 1.165) is 0 Å². The maximum atomic E-state index is 13.1. The van der Waals surface area contributed by atoms with Crippen LogP contribution in [-0.2, 0) is 21.2 Å². The second-order valence-corrected chi connectivity index (χ2v) is 8.67. The molecule has 0 bridgehead atoms. The minimum Gasteiger partial charge on any atom is -0.343 e. The monoisotopic (exact) mass is 415 g/mol. The highest BCUT2D eigenvalue weighted by molar-refractivity contribution is 7.91. The average molecular weight is 416 g/mol. The van der Waals surface area contributed by atoms with Crippen LogP contribution in [0.15, 0.2) is 64.5 Å². The number of sulfone groups is 1. The first-order chi connectivity index (χ1) is 13.3. The van der Waals surface area contributed by atoms with E-state index in [2.05, 4.69) is 0 Å². The van der Waals surface area contributed by atoms with E-state index in [9.17, 15) is 13.2 Å². The van der Waals surface area contributed by atoms with Crippen molar-refractivity contribution in [3.8, 4) is 6.07 Å². The lowest BCUT2D eigenvalue weighted by Gasteiger charge is -2.16. The zero-order valence-electron chi connectivity index (χ0n) is 15.2. The van der Waals surface area contributed by atoms with Crippen LogP contribution in [0.5, 0.6) is 0 Å². The zero-order chi connectivity index (χ0) is 20.3. The van der Waals surface area contributed by atoms with Crippen LogP contribution >= 0.6 is 11.6 Å². The van der Waals surface area contributed by atoms with Gasteiger partial charge in [0.2, 0.25) is 15.7 Å². The summed E-state index contributed by atoms with van der Waals surface area (Å²) in [5.41, 5.74) is 0.650. The number of carbonyl (C=O) groups excluding carboxylic acids is 1. The molecule has 0 N–H and O–H groups in total. The third kappa shape index (κ3) is 3.88. The van der Waals surface area contributed by atoms with Crippen molar-refractivity contribution in [2.45, 2.75) is 22.8 Å². The molecule has 1 aromatic heterocycles. The molecule has 1 heterocycles. The zero-order valence-corrected chi connectivity index (χ0v) is 16.7. The molecule has 0 aliphatic carbocycles. The van der Waals surface area contributed by atoms with Gasteiger partial charge in [0.05, 0.1) is 22.3 Å². The van der Waals surface area contributed by atoms with Crippen LogP contribution in [0.4, 0.5) is 0 Å². The van der Waals surface area contributed by atoms with Crippen LogP contribution in [0.2, 0.25) is 5.02 Å². The Morgan fingerprint density at radius 2 is 1.86 bits per heavy atom. The summed E-state index contributed by atoms with van der Waals surface area (Å²) in [7, 11) is -2.16. The molecule has 0 unspecified atom stereocenters. The first kappa shape index (κ1) is 19.9. The van der Waals surface area contributed by atoms with Crippen molar-refractivity contribution >= 4 is 38.2 Å². The van der Waals surface area contributed by atoms with Crippen molar-refractivity contribution in [3.05, 3.63) is 59.8 Å². The number of amides is 1. The molecule has 0 spiro atoms. The number of rotatable bonds is 6. The number of carbonyl (C=O) groups is 1. The molecule has 0 atom stereocenters. The van der Waals surface area contributed by atoms with Crippen molar-refractivity contribution in [1.82, 2.24) is 9.47 Å². The summed E-state index contributed by atoms with van der Waals surface area (Å²) in [6, 6.07) is 15.0. The van der Waals surface area contributed by atoms with Crippen LogP contribution in [0.1, 0.15) is 6.42 Å². The third-order valence-electron chi connectivity index (χ3n) is 4.46. The average Bonchev–Trinajstić information content (AvgIpc) is 3.06. The molecule has 6 nitrogen and oxygen atoms in total. The molecule has 0 saturated heterocycles. The fourth-order valence-corrected chi connectivity index (χ4v) is 4.51. The second kappa shape index (κ2) is 8.05. The first-order valence-corrected chi connectivity index (χ1v) is 10.4. The maximum absolute atomic E-state index is 13.1. The largest absolute Gasteiger partial charge is 0.343 e. The molecule has 144 valence electrons. The molecule has 0 aliphatic rings. The van der Waals surface area contributed by atoms with E-state index in [1.165, 1.54) is 35.4 Å². The molecule has 8 heteroatoms. The van der Waals surface area contributed by atoms with E-state index in [1.54, 1.807) is 35.9 Å². The second-order valence-electron chi connectivity index (χ2n) is 6.32. The van der Waals surface area contributed by atoms with Gasteiger partial charge in [-0.05, 0) is 30.3 Å². The normalized spacial score (nSPS) is 11.3. The molecule has 3 rings (SSSR count). The molecule has 2 aromatic carbocycles. The predicted molar refractivity (Wildman–Crippen MR) is 107 cm³/mol. The molecule has 1 amide bonds. The number of halogens is 1. The van der Waals surface area contributed by atoms with E-state index in [-0.39, 0.29) is 28.7 Å². The number of fused-ring (bicyclic) bond motifs is 1. The minimum absolute atomic E-state index is 0.0153. The summed E-state index contributed by atoms with van der Waals surface area (Å²) >= 11 is 5.87. The van der Waals surface area contributed by atoms with Gasteiger partial charge in [0.15, 0.2) is 0 Å². The van der Waals surface area contributed by atoms with Crippen LogP contribution in [0.25, 0.3) is 10.9 Å². The SMILES string of the molecule is CN(CCC#N)C(=O)Cn1cc(S(=O)(=O)c2ccc(Cl)cc2)c2ccccc21. The Kier molecular flexibility index (Phi) is 5.73. The van der Waals surface area contributed by atoms with Crippen molar-refractivity contribution in [2.24, 2.45) is 0 Å². The van der Waals surface area contributed by atoms with E-state index >= 15 is 0 Å². The quantitative estimate of drug-likeness (QED) is 0.616. The van der Waals surface area contributed by atoms with Crippen LogP contribution in [-0.4, -0.2) is 37.4 Å². The fraction of sp³-hybridized carbons (Fsp3) is 0.200. The smallest absolute Gasteiger partial charge is 0.242 e. The highest BCUT2D eigenvalue weighted by Gasteiger charge is 2.24. The Morgan fingerprint density at radius 1 is 1.18 bits per heavy atom. The lowest BCUT2D eigenvalue weighted by Crippen LogP contribution is -2.30. The number of hydrogen-bond donors (Lipinski definition) is 0. The molecule has 0 radical (unpaired) electrons. The van der Waals surface area contributed by atoms with E-state index in [0.29, 0.717) is 22.5 Å². The maximum Gasteiger partial charge on any atom is 0.242 e. The van der Waals surface area contributed by atoms with E-state index < -0.39 is 9.84 Å². The van der Waals surface area contributed by atoms with Crippen molar-refractivity contribution in [1.29, 1.82) is 5.26 Å². The van der Waals surface area contributed by atoms with Crippen molar-refractivity contribution in [2.75, 3.05) is 13.6 Å². The summed E-state index contributed by atoms with van der Waals surface area (Å²) < 4.78 is 27.9. The Balaban J connectivity index is 2.03. The number of nitrogens with zero attached hydrogens (tertiary/aromatic N) is 3. The van der Waals surface area contributed by atoms with E-state index in [1.807, 2.05) is 6.07 Å². The molecule has 28 heavy (non-hydrogen) atoms. The lowest BCUT2D eigenvalue weighted by atomic mass is 10.2. The van der Waals surface area contributed by atoms with Gasteiger partial charge in [0.25, 0.3) is 0 Å². The Morgan fingerprint density at radius 3 is 2.54 bits per heavy atom. The van der Waals surface area contributed by atoms with Crippen LogP contribution in [0, 0.1) is 11.3 Å². The molecule has 0 saturated carbocycles. The molecule has 0 aliphatic heterocycles. The van der Waals surface area contributed by atoms with Crippen LogP contribution in [0.3, 0.4) is 0 Å². The van der Waals surface area contributed by atoms with Gasteiger partial charge >= 0.3 is 0 Å². The predicted octanol–water partition coefficient (Wildman–Crippen LogP) is 3.50. The number of benzene rings is 2. The molecular formula is C20H18ClN3O3S. The van der Waals surface area contributed by atoms with Crippen molar-refractivity contribution in [3.63, 3.8) is 0 Å². The summed E-state index contributed by atoms with van der Waals surface area (Å²) in [6.07, 6.45) is 1.73.